The summed E-state index contributed by atoms with van der Waals surface area (Å²) in [6.45, 7) is 13.0. The van der Waals surface area contributed by atoms with E-state index in [0.29, 0.717) is 0 Å². The standard InChI is InChI=1S/C22H39N5O.HI/c1-3-11-26-14-10-19(18-26)16-24-22(23-4-2)25-17-20(21-9-8-15-28-21)27-12-6-5-7-13-27;/h8-9,15,19-20H,3-7,10-14,16-18H2,1-2H3,(H2,23,24,25);1H. The molecule has 0 amide bonds. The highest BCUT2D eigenvalue weighted by atomic mass is 127. The van der Waals surface area contributed by atoms with Crippen LogP contribution < -0.4 is 10.6 Å². The molecule has 2 aliphatic heterocycles. The van der Waals surface area contributed by atoms with Crippen LogP contribution >= 0.6 is 24.0 Å². The first-order valence-corrected chi connectivity index (χ1v) is 11.3. The molecule has 0 aromatic carbocycles. The third-order valence-electron chi connectivity index (χ3n) is 5.94. The Hall–Kier alpha value is -0.800. The Labute approximate surface area is 193 Å². The fraction of sp³-hybridized carbons (Fsp3) is 0.773. The van der Waals surface area contributed by atoms with Crippen molar-refractivity contribution >= 4 is 29.9 Å². The molecule has 0 radical (unpaired) electrons. The molecule has 2 saturated heterocycles. The third kappa shape index (κ3) is 7.75. The highest BCUT2D eigenvalue weighted by Gasteiger charge is 2.25. The fourth-order valence-electron chi connectivity index (χ4n) is 4.46. The van der Waals surface area contributed by atoms with Crippen molar-refractivity contribution in [2.24, 2.45) is 10.9 Å². The minimum Gasteiger partial charge on any atom is -0.468 e. The number of nitrogens with zero attached hydrogens (tertiary/aromatic N) is 3. The third-order valence-corrected chi connectivity index (χ3v) is 5.94. The molecular weight excluding hydrogens is 477 g/mol. The van der Waals surface area contributed by atoms with Gasteiger partial charge in [-0.25, -0.2) is 0 Å². The SMILES string of the molecule is CCCN1CCC(CNC(=NCC(c2ccco2)N2CCCCC2)NCC)C1.I. The second kappa shape index (κ2) is 13.5. The van der Waals surface area contributed by atoms with Crippen LogP contribution in [-0.2, 0) is 0 Å². The summed E-state index contributed by atoms with van der Waals surface area (Å²) in [5.41, 5.74) is 0. The molecule has 166 valence electrons. The van der Waals surface area contributed by atoms with Crippen molar-refractivity contribution in [3.63, 3.8) is 0 Å². The molecule has 2 fully saturated rings. The van der Waals surface area contributed by atoms with Gasteiger partial charge < -0.3 is 20.0 Å². The number of halogens is 1. The zero-order valence-electron chi connectivity index (χ0n) is 18.2. The Morgan fingerprint density at radius 2 is 2.03 bits per heavy atom. The van der Waals surface area contributed by atoms with Crippen LogP contribution in [-0.4, -0.2) is 68.1 Å². The Bertz CT molecular complexity index is 574. The van der Waals surface area contributed by atoms with Gasteiger partial charge in [0.2, 0.25) is 0 Å². The van der Waals surface area contributed by atoms with Gasteiger partial charge in [-0.15, -0.1) is 24.0 Å². The van der Waals surface area contributed by atoms with Gasteiger partial charge in [-0.3, -0.25) is 9.89 Å². The molecule has 7 heteroatoms. The topological polar surface area (TPSA) is 56.0 Å². The molecule has 0 spiro atoms. The fourth-order valence-corrected chi connectivity index (χ4v) is 4.46. The molecule has 2 atom stereocenters. The van der Waals surface area contributed by atoms with E-state index in [1.165, 1.54) is 51.7 Å². The highest BCUT2D eigenvalue weighted by Crippen LogP contribution is 2.25. The van der Waals surface area contributed by atoms with Gasteiger partial charge >= 0.3 is 0 Å². The van der Waals surface area contributed by atoms with Gasteiger partial charge in [-0.05, 0) is 76.8 Å². The lowest BCUT2D eigenvalue weighted by atomic mass is 10.1. The van der Waals surface area contributed by atoms with Crippen LogP contribution in [0.3, 0.4) is 0 Å². The summed E-state index contributed by atoms with van der Waals surface area (Å²) >= 11 is 0. The normalized spacial score (nSPS) is 22.3. The van der Waals surface area contributed by atoms with E-state index < -0.39 is 0 Å². The Kier molecular flexibility index (Phi) is 11.4. The molecule has 1 aromatic heterocycles. The Morgan fingerprint density at radius 1 is 1.21 bits per heavy atom. The van der Waals surface area contributed by atoms with Crippen LogP contribution in [0.1, 0.15) is 57.8 Å². The van der Waals surface area contributed by atoms with Gasteiger partial charge in [0.15, 0.2) is 5.96 Å². The molecule has 2 N–H and O–H groups in total. The van der Waals surface area contributed by atoms with Crippen molar-refractivity contribution in [3.8, 4) is 0 Å². The van der Waals surface area contributed by atoms with Crippen molar-refractivity contribution in [3.05, 3.63) is 24.2 Å². The molecule has 2 aliphatic rings. The zero-order chi connectivity index (χ0) is 19.6. The van der Waals surface area contributed by atoms with E-state index in [0.717, 1.165) is 50.4 Å². The summed E-state index contributed by atoms with van der Waals surface area (Å²) in [6, 6.07) is 4.31. The summed E-state index contributed by atoms with van der Waals surface area (Å²) in [6.07, 6.45) is 8.20. The lowest BCUT2D eigenvalue weighted by Crippen LogP contribution is -2.41. The smallest absolute Gasteiger partial charge is 0.191 e. The Morgan fingerprint density at radius 3 is 2.72 bits per heavy atom. The number of guanidine groups is 1. The number of nitrogens with one attached hydrogen (secondary N) is 2. The number of hydrogen-bond acceptors (Lipinski definition) is 4. The van der Waals surface area contributed by atoms with E-state index in [1.807, 2.05) is 6.07 Å². The van der Waals surface area contributed by atoms with Gasteiger partial charge in [0.05, 0.1) is 18.8 Å². The van der Waals surface area contributed by atoms with E-state index in [2.05, 4.69) is 40.3 Å². The minimum atomic E-state index is 0. The van der Waals surface area contributed by atoms with Crippen LogP contribution in [0.2, 0.25) is 0 Å². The molecule has 0 aliphatic carbocycles. The molecule has 0 saturated carbocycles. The number of likely N-dealkylation sites (tertiary alicyclic amines) is 2. The van der Waals surface area contributed by atoms with Crippen molar-refractivity contribution in [1.82, 2.24) is 20.4 Å². The number of piperidine rings is 1. The number of hydrogen-bond donors (Lipinski definition) is 2. The summed E-state index contributed by atoms with van der Waals surface area (Å²) in [5, 5.41) is 7.01. The molecule has 3 rings (SSSR count). The van der Waals surface area contributed by atoms with Crippen LogP contribution in [0.25, 0.3) is 0 Å². The maximum atomic E-state index is 5.76. The molecule has 3 heterocycles. The van der Waals surface area contributed by atoms with Crippen molar-refractivity contribution in [2.45, 2.75) is 52.0 Å². The van der Waals surface area contributed by atoms with Crippen LogP contribution in [0, 0.1) is 5.92 Å². The van der Waals surface area contributed by atoms with Crippen molar-refractivity contribution in [1.29, 1.82) is 0 Å². The lowest BCUT2D eigenvalue weighted by molar-refractivity contribution is 0.150. The van der Waals surface area contributed by atoms with Gasteiger partial charge in [0, 0.05) is 19.6 Å². The summed E-state index contributed by atoms with van der Waals surface area (Å²) in [4.78, 5) is 10.1. The second-order valence-electron chi connectivity index (χ2n) is 8.18. The van der Waals surface area contributed by atoms with Gasteiger partial charge in [-0.1, -0.05) is 13.3 Å². The average molecular weight is 518 g/mol. The van der Waals surface area contributed by atoms with Crippen LogP contribution in [0.4, 0.5) is 0 Å². The van der Waals surface area contributed by atoms with E-state index in [-0.39, 0.29) is 30.0 Å². The van der Waals surface area contributed by atoms with Crippen molar-refractivity contribution < 1.29 is 4.42 Å². The van der Waals surface area contributed by atoms with Gasteiger partial charge in [0.1, 0.15) is 5.76 Å². The highest BCUT2D eigenvalue weighted by molar-refractivity contribution is 14.0. The predicted molar refractivity (Wildman–Crippen MR) is 131 cm³/mol. The molecule has 29 heavy (non-hydrogen) atoms. The van der Waals surface area contributed by atoms with Crippen LogP contribution in [0.15, 0.2) is 27.8 Å². The monoisotopic (exact) mass is 517 g/mol. The summed E-state index contributed by atoms with van der Waals surface area (Å²) < 4.78 is 5.76. The van der Waals surface area contributed by atoms with E-state index >= 15 is 0 Å². The summed E-state index contributed by atoms with van der Waals surface area (Å²) in [7, 11) is 0. The maximum Gasteiger partial charge on any atom is 0.191 e. The first-order chi connectivity index (χ1) is 13.8. The maximum absolute atomic E-state index is 5.76. The van der Waals surface area contributed by atoms with Crippen molar-refractivity contribution in [2.75, 3.05) is 52.4 Å². The molecule has 6 nitrogen and oxygen atoms in total. The van der Waals surface area contributed by atoms with E-state index in [9.17, 15) is 0 Å². The number of rotatable bonds is 9. The molecule has 2 unspecified atom stereocenters. The van der Waals surface area contributed by atoms with E-state index in [1.54, 1.807) is 6.26 Å². The van der Waals surface area contributed by atoms with Gasteiger partial charge in [0.25, 0.3) is 0 Å². The first-order valence-electron chi connectivity index (χ1n) is 11.3. The predicted octanol–water partition coefficient (Wildman–Crippen LogP) is 3.71. The number of aliphatic imine (C=N–C) groups is 1. The molecular formula is C22H40IN5O. The quantitative estimate of drug-likeness (QED) is 0.297. The van der Waals surface area contributed by atoms with Crippen LogP contribution in [0.5, 0.6) is 0 Å². The molecule has 0 bridgehead atoms. The molecule has 1 aromatic rings. The number of furan rings is 1. The second-order valence-corrected chi connectivity index (χ2v) is 8.18. The summed E-state index contributed by atoms with van der Waals surface area (Å²) in [5.74, 6) is 2.69. The lowest BCUT2D eigenvalue weighted by Gasteiger charge is -2.32. The minimum absolute atomic E-state index is 0. The largest absolute Gasteiger partial charge is 0.468 e. The zero-order valence-corrected chi connectivity index (χ0v) is 20.6. The average Bonchev–Trinajstić information content (AvgIpc) is 3.40. The van der Waals surface area contributed by atoms with E-state index in [4.69, 9.17) is 9.41 Å². The Balaban J connectivity index is 0.00000300. The first kappa shape index (κ1) is 24.5. The van der Waals surface area contributed by atoms with Gasteiger partial charge in [-0.2, -0.15) is 0 Å².